The molecule has 0 atom stereocenters. The van der Waals surface area contributed by atoms with Gasteiger partial charge in [0.25, 0.3) is 0 Å². The van der Waals surface area contributed by atoms with Gasteiger partial charge in [-0.3, -0.25) is 4.90 Å². The highest BCUT2D eigenvalue weighted by Crippen LogP contribution is 2.22. The van der Waals surface area contributed by atoms with E-state index in [0.717, 1.165) is 22.4 Å². The molecule has 2 aromatic rings. The lowest BCUT2D eigenvalue weighted by Crippen LogP contribution is -2.46. The van der Waals surface area contributed by atoms with Crippen LogP contribution in [-0.4, -0.2) is 28.6 Å². The molecule has 0 aliphatic heterocycles. The molecule has 0 saturated carbocycles. The normalized spacial score (nSPS) is 11.2. The van der Waals surface area contributed by atoms with E-state index in [0.29, 0.717) is 17.8 Å². The van der Waals surface area contributed by atoms with Crippen LogP contribution in [0.5, 0.6) is 11.6 Å². The Morgan fingerprint density at radius 2 is 1.88 bits per heavy atom. The summed E-state index contributed by atoms with van der Waals surface area (Å²) in [4.78, 5) is 18.7. The molecular weight excluding hydrogens is 396 g/mol. The Kier molecular flexibility index (Phi) is 6.64. The van der Waals surface area contributed by atoms with Crippen molar-refractivity contribution in [1.82, 2.24) is 9.88 Å². The van der Waals surface area contributed by atoms with Crippen LogP contribution in [0.2, 0.25) is 0 Å². The van der Waals surface area contributed by atoms with Crippen molar-refractivity contribution in [3.63, 3.8) is 0 Å². The lowest BCUT2D eigenvalue weighted by molar-refractivity contribution is 0.100. The molecule has 5 nitrogen and oxygen atoms in total. The number of nitrogens with zero attached hydrogens (tertiary/aromatic N) is 2. The topological polar surface area (TPSA) is 51.7 Å². The summed E-state index contributed by atoms with van der Waals surface area (Å²) in [5.74, 6) is 1.09. The average Bonchev–Trinajstić information content (AvgIpc) is 2.60. The van der Waals surface area contributed by atoms with Gasteiger partial charge in [0.1, 0.15) is 5.75 Å². The maximum Gasteiger partial charge on any atom is 0.417 e. The number of hydrogen-bond acceptors (Lipinski definition) is 4. The first-order valence-electron chi connectivity index (χ1n) is 8.38. The van der Waals surface area contributed by atoms with E-state index in [4.69, 9.17) is 9.47 Å². The first-order chi connectivity index (χ1) is 12.2. The van der Waals surface area contributed by atoms with Gasteiger partial charge in [-0.1, -0.05) is 28.1 Å². The maximum absolute atomic E-state index is 12.8. The molecule has 0 spiro atoms. The predicted octanol–water partition coefficient (Wildman–Crippen LogP) is 5.09. The molecule has 26 heavy (non-hydrogen) atoms. The minimum atomic E-state index is -0.426. The standard InChI is InChI=1S/C20H25BrN2O3/c1-14-12-22-18(10-16(14)11-21)26-19(24)23(20(2,3)4)13-15-6-8-17(25-5)9-7-15/h6-10,12H,11,13H2,1-5H3. The molecular formula is C20H25BrN2O3. The number of carbonyl (C=O) groups excluding carboxylic acids is 1. The van der Waals surface area contributed by atoms with Crippen molar-refractivity contribution in [2.75, 3.05) is 7.11 Å². The fourth-order valence-corrected chi connectivity index (χ4v) is 2.98. The van der Waals surface area contributed by atoms with Gasteiger partial charge in [-0.05, 0) is 56.5 Å². The Labute approximate surface area is 163 Å². The number of benzene rings is 1. The van der Waals surface area contributed by atoms with Gasteiger partial charge in [0.15, 0.2) is 0 Å². The van der Waals surface area contributed by atoms with E-state index < -0.39 is 11.6 Å². The van der Waals surface area contributed by atoms with Crippen LogP contribution in [0.25, 0.3) is 0 Å². The minimum Gasteiger partial charge on any atom is -0.497 e. The summed E-state index contributed by atoms with van der Waals surface area (Å²) in [5, 5.41) is 0.681. The van der Waals surface area contributed by atoms with Gasteiger partial charge in [0.2, 0.25) is 5.88 Å². The van der Waals surface area contributed by atoms with Gasteiger partial charge in [0, 0.05) is 29.7 Å². The van der Waals surface area contributed by atoms with E-state index >= 15 is 0 Å². The molecule has 1 aromatic heterocycles. The van der Waals surface area contributed by atoms with Gasteiger partial charge in [-0.2, -0.15) is 0 Å². The van der Waals surface area contributed by atoms with E-state index in [1.807, 2.05) is 52.0 Å². The largest absolute Gasteiger partial charge is 0.497 e. The highest BCUT2D eigenvalue weighted by atomic mass is 79.9. The quantitative estimate of drug-likeness (QED) is 0.631. The second kappa shape index (κ2) is 8.54. The zero-order valence-electron chi connectivity index (χ0n) is 15.9. The second-order valence-corrected chi connectivity index (χ2v) is 7.62. The molecule has 1 amide bonds. The van der Waals surface area contributed by atoms with Crippen LogP contribution in [0.4, 0.5) is 4.79 Å². The van der Waals surface area contributed by atoms with Crippen molar-refractivity contribution in [1.29, 1.82) is 0 Å². The minimum absolute atomic E-state index is 0.305. The molecule has 1 heterocycles. The molecule has 6 heteroatoms. The van der Waals surface area contributed by atoms with Crippen LogP contribution in [0.1, 0.15) is 37.5 Å². The zero-order valence-corrected chi connectivity index (χ0v) is 17.5. The van der Waals surface area contributed by atoms with Crippen LogP contribution >= 0.6 is 15.9 Å². The molecule has 1 aromatic carbocycles. The molecule has 0 bridgehead atoms. The van der Waals surface area contributed by atoms with Crippen LogP contribution in [0.15, 0.2) is 36.5 Å². The third kappa shape index (κ3) is 5.21. The van der Waals surface area contributed by atoms with Crippen molar-refractivity contribution < 1.29 is 14.3 Å². The molecule has 140 valence electrons. The van der Waals surface area contributed by atoms with Gasteiger partial charge < -0.3 is 9.47 Å². The van der Waals surface area contributed by atoms with Crippen molar-refractivity contribution in [2.24, 2.45) is 0 Å². The molecule has 0 N–H and O–H groups in total. The van der Waals surface area contributed by atoms with Crippen molar-refractivity contribution in [2.45, 2.75) is 45.1 Å². The number of amides is 1. The Bertz CT molecular complexity index is 755. The molecule has 0 fully saturated rings. The molecule has 0 saturated heterocycles. The third-order valence-electron chi connectivity index (χ3n) is 4.06. The summed E-state index contributed by atoms with van der Waals surface area (Å²) in [7, 11) is 1.63. The van der Waals surface area contributed by atoms with Crippen LogP contribution in [-0.2, 0) is 11.9 Å². The van der Waals surface area contributed by atoms with Crippen molar-refractivity contribution >= 4 is 22.0 Å². The summed E-state index contributed by atoms with van der Waals surface area (Å²) >= 11 is 3.44. The third-order valence-corrected chi connectivity index (χ3v) is 4.66. The molecule has 0 unspecified atom stereocenters. The SMILES string of the molecule is COc1ccc(CN(C(=O)Oc2cc(CBr)c(C)cn2)C(C)(C)C)cc1. The number of rotatable bonds is 5. The number of carbonyl (C=O) groups is 1. The maximum atomic E-state index is 12.8. The summed E-state index contributed by atoms with van der Waals surface area (Å²) in [6.45, 7) is 8.34. The van der Waals surface area contributed by atoms with Crippen LogP contribution in [0, 0.1) is 6.92 Å². The van der Waals surface area contributed by atoms with Crippen LogP contribution in [0.3, 0.4) is 0 Å². The van der Waals surface area contributed by atoms with Gasteiger partial charge >= 0.3 is 6.09 Å². The Balaban J connectivity index is 2.19. The Morgan fingerprint density at radius 1 is 1.23 bits per heavy atom. The summed E-state index contributed by atoms with van der Waals surface area (Å²) in [6, 6.07) is 9.43. The number of hydrogen-bond donors (Lipinski definition) is 0. The van der Waals surface area contributed by atoms with E-state index in [9.17, 15) is 4.79 Å². The Hall–Kier alpha value is -2.08. The average molecular weight is 421 g/mol. The number of ether oxygens (including phenoxy) is 2. The number of aryl methyl sites for hydroxylation is 1. The fourth-order valence-electron chi connectivity index (χ4n) is 2.38. The van der Waals surface area contributed by atoms with Crippen LogP contribution < -0.4 is 9.47 Å². The highest BCUT2D eigenvalue weighted by Gasteiger charge is 2.28. The molecule has 0 radical (unpaired) electrons. The lowest BCUT2D eigenvalue weighted by Gasteiger charge is -2.34. The molecule has 0 aliphatic rings. The van der Waals surface area contributed by atoms with Gasteiger partial charge in [0.05, 0.1) is 7.11 Å². The van der Waals surface area contributed by atoms with E-state index in [1.54, 1.807) is 24.3 Å². The first kappa shape index (κ1) is 20.2. The van der Waals surface area contributed by atoms with E-state index in [-0.39, 0.29) is 0 Å². The smallest absolute Gasteiger partial charge is 0.417 e. The zero-order chi connectivity index (χ0) is 19.3. The highest BCUT2D eigenvalue weighted by molar-refractivity contribution is 9.08. The molecule has 2 rings (SSSR count). The first-order valence-corrected chi connectivity index (χ1v) is 9.50. The molecule has 0 aliphatic carbocycles. The lowest BCUT2D eigenvalue weighted by atomic mass is 10.1. The summed E-state index contributed by atoms with van der Waals surface area (Å²) in [5.41, 5.74) is 2.68. The Morgan fingerprint density at radius 3 is 2.42 bits per heavy atom. The number of alkyl halides is 1. The number of pyridine rings is 1. The van der Waals surface area contributed by atoms with Crippen molar-refractivity contribution in [3.8, 4) is 11.6 Å². The fraction of sp³-hybridized carbons (Fsp3) is 0.400. The number of methoxy groups -OCH3 is 1. The second-order valence-electron chi connectivity index (χ2n) is 7.06. The summed E-state index contributed by atoms with van der Waals surface area (Å²) in [6.07, 6.45) is 1.29. The van der Waals surface area contributed by atoms with E-state index in [2.05, 4.69) is 20.9 Å². The monoisotopic (exact) mass is 420 g/mol. The van der Waals surface area contributed by atoms with Gasteiger partial charge in [-0.25, -0.2) is 9.78 Å². The number of aromatic nitrogens is 1. The van der Waals surface area contributed by atoms with E-state index in [1.165, 1.54) is 0 Å². The summed E-state index contributed by atoms with van der Waals surface area (Å²) < 4.78 is 10.7. The van der Waals surface area contributed by atoms with Gasteiger partial charge in [-0.15, -0.1) is 0 Å². The predicted molar refractivity (Wildman–Crippen MR) is 106 cm³/mol. The number of halogens is 1. The van der Waals surface area contributed by atoms with Crippen molar-refractivity contribution in [3.05, 3.63) is 53.2 Å².